The number of benzene rings is 1. The highest BCUT2D eigenvalue weighted by atomic mass is 14.9. The number of hydrogen-bond acceptors (Lipinski definition) is 1. The number of nitrogens with one attached hydrogen (secondary N) is 1. The van der Waals surface area contributed by atoms with Crippen LogP contribution in [-0.2, 0) is 0 Å². The van der Waals surface area contributed by atoms with Crippen LogP contribution < -0.4 is 5.32 Å². The van der Waals surface area contributed by atoms with Crippen LogP contribution in [0.1, 0.15) is 42.9 Å². The van der Waals surface area contributed by atoms with E-state index in [4.69, 9.17) is 0 Å². The van der Waals surface area contributed by atoms with Crippen molar-refractivity contribution in [2.24, 2.45) is 11.8 Å². The van der Waals surface area contributed by atoms with Gasteiger partial charge >= 0.3 is 0 Å². The second-order valence-corrected chi connectivity index (χ2v) is 5.93. The molecule has 0 amide bonds. The Morgan fingerprint density at radius 3 is 2.35 bits per heavy atom. The van der Waals surface area contributed by atoms with Crippen molar-refractivity contribution in [3.63, 3.8) is 0 Å². The Kier molecular flexibility index (Phi) is 3.88. The van der Waals surface area contributed by atoms with E-state index in [0.717, 1.165) is 17.8 Å². The highest BCUT2D eigenvalue weighted by Gasteiger charge is 2.28. The first-order valence-electron chi connectivity index (χ1n) is 6.87. The summed E-state index contributed by atoms with van der Waals surface area (Å²) in [5.41, 5.74) is 4.37. The van der Waals surface area contributed by atoms with Gasteiger partial charge in [0, 0.05) is 0 Å². The third-order valence-corrected chi connectivity index (χ3v) is 4.06. The second-order valence-electron chi connectivity index (χ2n) is 5.93. The molecule has 1 heteroatoms. The fourth-order valence-electron chi connectivity index (χ4n) is 3.22. The molecule has 1 aromatic carbocycles. The average Bonchev–Trinajstić information content (AvgIpc) is 2.27. The van der Waals surface area contributed by atoms with Crippen LogP contribution in [0.4, 0.5) is 0 Å². The zero-order valence-electron chi connectivity index (χ0n) is 11.6. The minimum atomic E-state index is 0.745. The van der Waals surface area contributed by atoms with Crippen molar-refractivity contribution in [1.29, 1.82) is 0 Å². The molecule has 1 aliphatic rings. The lowest BCUT2D eigenvalue weighted by Gasteiger charge is -2.35. The third-order valence-electron chi connectivity index (χ3n) is 4.06. The van der Waals surface area contributed by atoms with E-state index >= 15 is 0 Å². The summed E-state index contributed by atoms with van der Waals surface area (Å²) < 4.78 is 0. The summed E-state index contributed by atoms with van der Waals surface area (Å²) in [5, 5.41) is 3.55. The van der Waals surface area contributed by atoms with Crippen LogP contribution in [0.25, 0.3) is 0 Å². The monoisotopic (exact) mass is 231 g/mol. The topological polar surface area (TPSA) is 12.0 Å². The molecule has 17 heavy (non-hydrogen) atoms. The molecule has 1 fully saturated rings. The standard InChI is InChI=1S/C16H25N/c1-11(2)16-10-17-6-5-15(16)14-8-12(3)7-13(4)9-14/h7-9,11,15-17H,5-6,10H2,1-4H3. The highest BCUT2D eigenvalue weighted by Crippen LogP contribution is 2.35. The van der Waals surface area contributed by atoms with Crippen molar-refractivity contribution in [3.05, 3.63) is 34.9 Å². The van der Waals surface area contributed by atoms with Gasteiger partial charge in [0.05, 0.1) is 0 Å². The molecule has 0 bridgehead atoms. The van der Waals surface area contributed by atoms with Gasteiger partial charge in [0.25, 0.3) is 0 Å². The van der Waals surface area contributed by atoms with Crippen molar-refractivity contribution in [3.8, 4) is 0 Å². The Morgan fingerprint density at radius 2 is 1.76 bits per heavy atom. The minimum Gasteiger partial charge on any atom is -0.316 e. The van der Waals surface area contributed by atoms with E-state index < -0.39 is 0 Å². The molecule has 1 saturated heterocycles. The summed E-state index contributed by atoms with van der Waals surface area (Å²) in [6.45, 7) is 11.5. The Hall–Kier alpha value is -0.820. The predicted molar refractivity (Wildman–Crippen MR) is 74.5 cm³/mol. The molecular formula is C16H25N. The van der Waals surface area contributed by atoms with Crippen LogP contribution in [-0.4, -0.2) is 13.1 Å². The molecule has 2 rings (SSSR count). The number of hydrogen-bond donors (Lipinski definition) is 1. The SMILES string of the molecule is Cc1cc(C)cc(C2CCNCC2C(C)C)c1. The first-order valence-corrected chi connectivity index (χ1v) is 6.87. The van der Waals surface area contributed by atoms with Gasteiger partial charge in [0.15, 0.2) is 0 Å². The zero-order valence-corrected chi connectivity index (χ0v) is 11.6. The van der Waals surface area contributed by atoms with Crippen LogP contribution in [0.5, 0.6) is 0 Å². The molecule has 1 heterocycles. The lowest BCUT2D eigenvalue weighted by atomic mass is 9.75. The molecule has 1 aromatic rings. The molecule has 1 N–H and O–H groups in total. The maximum absolute atomic E-state index is 3.55. The molecule has 2 atom stereocenters. The quantitative estimate of drug-likeness (QED) is 0.819. The molecule has 0 aromatic heterocycles. The normalized spacial score (nSPS) is 25.2. The van der Waals surface area contributed by atoms with E-state index in [0.29, 0.717) is 0 Å². The maximum Gasteiger partial charge on any atom is -0.00122 e. The molecule has 2 unspecified atom stereocenters. The number of aryl methyl sites for hydroxylation is 2. The van der Waals surface area contributed by atoms with Crippen molar-refractivity contribution < 1.29 is 0 Å². The second kappa shape index (κ2) is 5.22. The van der Waals surface area contributed by atoms with Gasteiger partial charge in [-0.05, 0) is 56.7 Å². The largest absolute Gasteiger partial charge is 0.316 e. The lowest BCUT2D eigenvalue weighted by molar-refractivity contribution is 0.255. The fraction of sp³-hybridized carbons (Fsp3) is 0.625. The van der Waals surface area contributed by atoms with Gasteiger partial charge in [-0.15, -0.1) is 0 Å². The van der Waals surface area contributed by atoms with Crippen LogP contribution >= 0.6 is 0 Å². The Morgan fingerprint density at radius 1 is 1.12 bits per heavy atom. The first-order chi connectivity index (χ1) is 8.08. The summed E-state index contributed by atoms with van der Waals surface area (Å²) in [6.07, 6.45) is 1.28. The van der Waals surface area contributed by atoms with E-state index in [1.165, 1.54) is 30.6 Å². The summed E-state index contributed by atoms with van der Waals surface area (Å²) in [7, 11) is 0. The lowest BCUT2D eigenvalue weighted by Crippen LogP contribution is -2.38. The molecule has 0 radical (unpaired) electrons. The molecular weight excluding hydrogens is 206 g/mol. The Balaban J connectivity index is 2.29. The van der Waals surface area contributed by atoms with Crippen LogP contribution in [0.3, 0.4) is 0 Å². The smallest absolute Gasteiger partial charge is 0.00122 e. The molecule has 0 saturated carbocycles. The Labute approximate surface area is 106 Å². The Bertz CT molecular complexity index is 361. The highest BCUT2D eigenvalue weighted by molar-refractivity contribution is 5.31. The summed E-state index contributed by atoms with van der Waals surface area (Å²) in [6, 6.07) is 7.05. The van der Waals surface area contributed by atoms with E-state index in [9.17, 15) is 0 Å². The fourth-order valence-corrected chi connectivity index (χ4v) is 3.22. The average molecular weight is 231 g/mol. The first kappa shape index (κ1) is 12.6. The molecule has 1 aliphatic heterocycles. The molecule has 94 valence electrons. The van der Waals surface area contributed by atoms with E-state index in [2.05, 4.69) is 51.2 Å². The van der Waals surface area contributed by atoms with Gasteiger partial charge in [0.1, 0.15) is 0 Å². The molecule has 1 nitrogen and oxygen atoms in total. The van der Waals surface area contributed by atoms with Gasteiger partial charge in [-0.1, -0.05) is 43.2 Å². The third kappa shape index (κ3) is 2.90. The van der Waals surface area contributed by atoms with E-state index in [1.807, 2.05) is 0 Å². The summed E-state index contributed by atoms with van der Waals surface area (Å²) in [4.78, 5) is 0. The van der Waals surface area contributed by atoms with Gasteiger partial charge in [-0.2, -0.15) is 0 Å². The minimum absolute atomic E-state index is 0.745. The predicted octanol–water partition coefficient (Wildman–Crippen LogP) is 3.65. The van der Waals surface area contributed by atoms with Crippen molar-refractivity contribution in [2.45, 2.75) is 40.0 Å². The maximum atomic E-state index is 3.55. The molecule has 0 aliphatic carbocycles. The van der Waals surface area contributed by atoms with Crippen LogP contribution in [0, 0.1) is 25.7 Å². The van der Waals surface area contributed by atoms with Gasteiger partial charge in [0.2, 0.25) is 0 Å². The van der Waals surface area contributed by atoms with Gasteiger partial charge in [-0.3, -0.25) is 0 Å². The number of rotatable bonds is 2. The molecule has 0 spiro atoms. The zero-order chi connectivity index (χ0) is 12.4. The summed E-state index contributed by atoms with van der Waals surface area (Å²) >= 11 is 0. The van der Waals surface area contributed by atoms with E-state index in [1.54, 1.807) is 5.56 Å². The number of piperidine rings is 1. The van der Waals surface area contributed by atoms with Crippen molar-refractivity contribution in [2.75, 3.05) is 13.1 Å². The van der Waals surface area contributed by atoms with Crippen molar-refractivity contribution >= 4 is 0 Å². The van der Waals surface area contributed by atoms with Crippen molar-refractivity contribution in [1.82, 2.24) is 5.32 Å². The van der Waals surface area contributed by atoms with Crippen LogP contribution in [0.2, 0.25) is 0 Å². The van der Waals surface area contributed by atoms with Crippen LogP contribution in [0.15, 0.2) is 18.2 Å². The van der Waals surface area contributed by atoms with Gasteiger partial charge in [-0.25, -0.2) is 0 Å². The summed E-state index contributed by atoms with van der Waals surface area (Å²) in [5.74, 6) is 2.29. The van der Waals surface area contributed by atoms with Gasteiger partial charge < -0.3 is 5.32 Å². The van der Waals surface area contributed by atoms with E-state index in [-0.39, 0.29) is 0 Å².